The third-order valence-electron chi connectivity index (χ3n) is 4.61. The van der Waals surface area contributed by atoms with Crippen LogP contribution >= 0.6 is 23.1 Å². The number of aromatic nitrogens is 3. The largest absolute Gasteiger partial charge is 0.353 e. The number of hydrogen-bond donors (Lipinski definition) is 1. The number of thiophene rings is 1. The Labute approximate surface area is 156 Å². The highest BCUT2D eigenvalue weighted by Gasteiger charge is 2.20. The lowest BCUT2D eigenvalue weighted by molar-refractivity contribution is -0.119. The van der Waals surface area contributed by atoms with Crippen molar-refractivity contribution in [2.45, 2.75) is 57.3 Å². The number of amides is 1. The number of aryl methyl sites for hydroxylation is 1. The van der Waals surface area contributed by atoms with Crippen molar-refractivity contribution >= 4 is 29.0 Å². The van der Waals surface area contributed by atoms with Crippen LogP contribution in [0.15, 0.2) is 23.2 Å². The highest BCUT2D eigenvalue weighted by molar-refractivity contribution is 7.99. The van der Waals surface area contributed by atoms with Crippen molar-refractivity contribution in [3.05, 3.63) is 28.5 Å². The van der Waals surface area contributed by atoms with Gasteiger partial charge in [0.15, 0.2) is 11.0 Å². The molecule has 2 heterocycles. The van der Waals surface area contributed by atoms with Gasteiger partial charge >= 0.3 is 0 Å². The van der Waals surface area contributed by atoms with Crippen molar-refractivity contribution in [3.63, 3.8) is 0 Å². The Morgan fingerprint density at radius 2 is 2.20 bits per heavy atom. The minimum Gasteiger partial charge on any atom is -0.353 e. The first kappa shape index (κ1) is 18.2. The smallest absolute Gasteiger partial charge is 0.230 e. The fourth-order valence-electron chi connectivity index (χ4n) is 3.09. The van der Waals surface area contributed by atoms with Crippen molar-refractivity contribution in [1.82, 2.24) is 20.1 Å². The molecule has 0 saturated heterocycles. The molecule has 2 aromatic rings. The lowest BCUT2D eigenvalue weighted by Gasteiger charge is -2.12. The number of hydrogen-bond acceptors (Lipinski definition) is 5. The van der Waals surface area contributed by atoms with Crippen LogP contribution in [0.2, 0.25) is 0 Å². The zero-order valence-corrected chi connectivity index (χ0v) is 16.4. The standard InChI is InChI=1S/C18H24N4OS2/c1-4-9-22-17(15-10-24-13(3)12(15)2)20-21-18(22)25-11-16(23)19-14-7-5-6-8-14/h4,10,14H,1,5-9,11H2,2-3H3,(H,19,23). The molecule has 0 spiro atoms. The fourth-order valence-corrected chi connectivity index (χ4v) is 4.71. The lowest BCUT2D eigenvalue weighted by Crippen LogP contribution is -2.33. The van der Waals surface area contributed by atoms with Crippen LogP contribution in [0.25, 0.3) is 11.4 Å². The molecule has 2 aromatic heterocycles. The number of nitrogens with zero attached hydrogens (tertiary/aromatic N) is 3. The second-order valence-corrected chi connectivity index (χ2v) is 8.40. The van der Waals surface area contributed by atoms with Gasteiger partial charge in [-0.15, -0.1) is 28.1 Å². The molecule has 1 amide bonds. The molecule has 0 unspecified atom stereocenters. The second kappa shape index (κ2) is 8.19. The summed E-state index contributed by atoms with van der Waals surface area (Å²) in [6, 6.07) is 0.353. The monoisotopic (exact) mass is 376 g/mol. The molecule has 1 fully saturated rings. The van der Waals surface area contributed by atoms with E-state index in [0.29, 0.717) is 18.3 Å². The Bertz CT molecular complexity index is 759. The van der Waals surface area contributed by atoms with Crippen molar-refractivity contribution in [3.8, 4) is 11.4 Å². The van der Waals surface area contributed by atoms with Gasteiger partial charge in [0.1, 0.15) is 0 Å². The summed E-state index contributed by atoms with van der Waals surface area (Å²) in [5.74, 6) is 1.29. The Kier molecular flexibility index (Phi) is 5.96. The predicted octanol–water partition coefficient (Wildman–Crippen LogP) is 3.96. The van der Waals surface area contributed by atoms with Crippen LogP contribution in [0.5, 0.6) is 0 Å². The lowest BCUT2D eigenvalue weighted by atomic mass is 10.1. The number of allylic oxidation sites excluding steroid dienone is 1. The summed E-state index contributed by atoms with van der Waals surface area (Å²) in [4.78, 5) is 13.5. The maximum Gasteiger partial charge on any atom is 0.230 e. The van der Waals surface area contributed by atoms with Gasteiger partial charge in [0, 0.05) is 28.4 Å². The van der Waals surface area contributed by atoms with E-state index in [2.05, 4.69) is 41.3 Å². The van der Waals surface area contributed by atoms with E-state index in [1.54, 1.807) is 11.3 Å². The van der Waals surface area contributed by atoms with Crippen LogP contribution in [0.1, 0.15) is 36.1 Å². The van der Waals surface area contributed by atoms with Crippen molar-refractivity contribution in [1.29, 1.82) is 0 Å². The van der Waals surface area contributed by atoms with Crippen LogP contribution in [0.3, 0.4) is 0 Å². The summed E-state index contributed by atoms with van der Waals surface area (Å²) >= 11 is 3.16. The van der Waals surface area contributed by atoms with E-state index in [-0.39, 0.29) is 5.91 Å². The van der Waals surface area contributed by atoms with Gasteiger partial charge in [-0.2, -0.15) is 0 Å². The SMILES string of the molecule is C=CCn1c(SCC(=O)NC2CCCC2)nnc1-c1csc(C)c1C. The number of rotatable bonds is 7. The first-order valence-electron chi connectivity index (χ1n) is 8.61. The highest BCUT2D eigenvalue weighted by Crippen LogP contribution is 2.31. The third-order valence-corrected chi connectivity index (χ3v) is 6.59. The van der Waals surface area contributed by atoms with Crippen molar-refractivity contribution < 1.29 is 4.79 Å². The number of carbonyl (C=O) groups excluding carboxylic acids is 1. The van der Waals surface area contributed by atoms with Gasteiger partial charge in [-0.3, -0.25) is 9.36 Å². The molecule has 25 heavy (non-hydrogen) atoms. The van der Waals surface area contributed by atoms with Crippen molar-refractivity contribution in [2.75, 3.05) is 5.75 Å². The predicted molar refractivity (Wildman–Crippen MR) is 104 cm³/mol. The van der Waals surface area contributed by atoms with E-state index in [0.717, 1.165) is 29.4 Å². The Balaban J connectivity index is 1.72. The van der Waals surface area contributed by atoms with Crippen LogP contribution < -0.4 is 5.32 Å². The zero-order valence-electron chi connectivity index (χ0n) is 14.7. The van der Waals surface area contributed by atoms with Crippen LogP contribution in [0, 0.1) is 13.8 Å². The number of nitrogens with one attached hydrogen (secondary N) is 1. The Morgan fingerprint density at radius 3 is 2.84 bits per heavy atom. The molecule has 1 saturated carbocycles. The summed E-state index contributed by atoms with van der Waals surface area (Å²) in [7, 11) is 0. The Hall–Kier alpha value is -1.60. The average Bonchev–Trinajstić information content (AvgIpc) is 3.30. The van der Waals surface area contributed by atoms with Gasteiger partial charge in [0.2, 0.25) is 5.91 Å². The molecular weight excluding hydrogens is 352 g/mol. The minimum absolute atomic E-state index is 0.0779. The summed E-state index contributed by atoms with van der Waals surface area (Å²) in [6.45, 7) is 8.69. The van der Waals surface area contributed by atoms with E-state index in [1.807, 2.05) is 10.6 Å². The maximum atomic E-state index is 12.2. The third kappa shape index (κ3) is 4.15. The van der Waals surface area contributed by atoms with Gasteiger partial charge in [-0.25, -0.2) is 0 Å². The molecule has 0 aromatic carbocycles. The Morgan fingerprint density at radius 1 is 1.44 bits per heavy atom. The van der Waals surface area contributed by atoms with Gasteiger partial charge < -0.3 is 5.32 Å². The highest BCUT2D eigenvalue weighted by atomic mass is 32.2. The average molecular weight is 377 g/mol. The van der Waals surface area contributed by atoms with Crippen LogP contribution in [0.4, 0.5) is 0 Å². The van der Waals surface area contributed by atoms with E-state index in [1.165, 1.54) is 35.0 Å². The molecule has 1 aliphatic rings. The first-order valence-corrected chi connectivity index (χ1v) is 10.5. The quantitative estimate of drug-likeness (QED) is 0.587. The molecule has 0 bridgehead atoms. The van der Waals surface area contributed by atoms with E-state index in [4.69, 9.17) is 0 Å². The molecule has 0 aliphatic heterocycles. The topological polar surface area (TPSA) is 59.8 Å². The summed E-state index contributed by atoms with van der Waals surface area (Å²) < 4.78 is 2.04. The van der Waals surface area contributed by atoms with E-state index >= 15 is 0 Å². The molecule has 3 rings (SSSR count). The normalized spacial score (nSPS) is 14.8. The van der Waals surface area contributed by atoms with Crippen LogP contribution in [-0.2, 0) is 11.3 Å². The van der Waals surface area contributed by atoms with Gasteiger partial charge in [0.05, 0.1) is 5.75 Å². The number of thioether (sulfide) groups is 1. The molecular formula is C18H24N4OS2. The van der Waals surface area contributed by atoms with E-state index in [9.17, 15) is 4.79 Å². The second-order valence-electron chi connectivity index (χ2n) is 6.37. The van der Waals surface area contributed by atoms with Crippen molar-refractivity contribution in [2.24, 2.45) is 0 Å². The summed E-state index contributed by atoms with van der Waals surface area (Å²) in [5, 5.41) is 14.7. The molecule has 7 heteroatoms. The molecule has 1 aliphatic carbocycles. The zero-order chi connectivity index (χ0) is 17.8. The first-order chi connectivity index (χ1) is 12.1. The molecule has 1 N–H and O–H groups in total. The van der Waals surface area contributed by atoms with Gasteiger partial charge in [-0.1, -0.05) is 30.7 Å². The van der Waals surface area contributed by atoms with Crippen LogP contribution in [-0.4, -0.2) is 32.5 Å². The fraction of sp³-hybridized carbons (Fsp3) is 0.500. The maximum absolute atomic E-state index is 12.2. The number of carbonyl (C=O) groups is 1. The molecule has 134 valence electrons. The molecule has 0 atom stereocenters. The summed E-state index contributed by atoms with van der Waals surface area (Å²) in [6.07, 6.45) is 6.47. The van der Waals surface area contributed by atoms with E-state index < -0.39 is 0 Å². The summed E-state index contributed by atoms with van der Waals surface area (Å²) in [5.41, 5.74) is 2.34. The van der Waals surface area contributed by atoms with Gasteiger partial charge in [0.25, 0.3) is 0 Å². The minimum atomic E-state index is 0.0779. The molecule has 5 nitrogen and oxygen atoms in total. The van der Waals surface area contributed by atoms with Gasteiger partial charge in [-0.05, 0) is 32.3 Å². The molecule has 0 radical (unpaired) electrons.